The maximum absolute atomic E-state index is 12.1. The van der Waals surface area contributed by atoms with Crippen molar-refractivity contribution in [2.24, 2.45) is 0 Å². The van der Waals surface area contributed by atoms with Crippen molar-refractivity contribution in [2.45, 2.75) is 6.36 Å². The van der Waals surface area contributed by atoms with Gasteiger partial charge in [-0.3, -0.25) is 4.98 Å². The average Bonchev–Trinajstić information content (AvgIpc) is 2.37. The summed E-state index contributed by atoms with van der Waals surface area (Å²) in [7, 11) is 0. The Morgan fingerprint density at radius 1 is 1.21 bits per heavy atom. The van der Waals surface area contributed by atoms with Gasteiger partial charge in [-0.2, -0.15) is 5.26 Å². The lowest BCUT2D eigenvalue weighted by Gasteiger charge is -2.10. The molecule has 2 aromatic rings. The second-order valence-electron chi connectivity index (χ2n) is 3.61. The van der Waals surface area contributed by atoms with E-state index in [9.17, 15) is 13.2 Å². The molecule has 3 nitrogen and oxygen atoms in total. The number of pyridine rings is 1. The smallest absolute Gasteiger partial charge is 0.406 e. The molecule has 0 aliphatic heterocycles. The number of nitriles is 1. The van der Waals surface area contributed by atoms with Gasteiger partial charge in [0.15, 0.2) is 0 Å². The van der Waals surface area contributed by atoms with E-state index in [-0.39, 0.29) is 5.75 Å². The molecule has 0 amide bonds. The molecule has 0 fully saturated rings. The quantitative estimate of drug-likeness (QED) is 0.833. The fraction of sp³-hybridized carbons (Fsp3) is 0.0769. The summed E-state index contributed by atoms with van der Waals surface area (Å²) in [5.74, 6) is -0.335. The molecule has 0 unspecified atom stereocenters. The molecule has 0 atom stereocenters. The Labute approximate surface area is 106 Å². The van der Waals surface area contributed by atoms with Gasteiger partial charge in [0.1, 0.15) is 5.75 Å². The molecular formula is C13H7F3N2O. The summed E-state index contributed by atoms with van der Waals surface area (Å²) in [4.78, 5) is 3.86. The lowest BCUT2D eigenvalue weighted by molar-refractivity contribution is -0.274. The summed E-state index contributed by atoms with van der Waals surface area (Å²) in [5, 5.41) is 8.95. The molecule has 1 aromatic carbocycles. The largest absolute Gasteiger partial charge is 0.573 e. The third-order valence-electron chi connectivity index (χ3n) is 2.32. The van der Waals surface area contributed by atoms with Crippen molar-refractivity contribution in [3.05, 3.63) is 48.3 Å². The normalized spacial score (nSPS) is 10.8. The van der Waals surface area contributed by atoms with Gasteiger partial charge in [0, 0.05) is 18.0 Å². The van der Waals surface area contributed by atoms with Crippen LogP contribution < -0.4 is 4.74 Å². The van der Waals surface area contributed by atoms with Gasteiger partial charge in [0.05, 0.1) is 11.6 Å². The second kappa shape index (κ2) is 4.98. The molecule has 96 valence electrons. The molecule has 0 aliphatic carbocycles. The molecule has 0 radical (unpaired) electrons. The molecule has 0 aliphatic rings. The van der Waals surface area contributed by atoms with E-state index in [4.69, 9.17) is 5.26 Å². The van der Waals surface area contributed by atoms with Gasteiger partial charge in [-0.25, -0.2) is 0 Å². The first-order chi connectivity index (χ1) is 8.99. The van der Waals surface area contributed by atoms with Crippen LogP contribution in [-0.4, -0.2) is 11.3 Å². The van der Waals surface area contributed by atoms with E-state index in [0.29, 0.717) is 16.7 Å². The first-order valence-electron chi connectivity index (χ1n) is 5.20. The third-order valence-corrected chi connectivity index (χ3v) is 2.32. The van der Waals surface area contributed by atoms with Crippen LogP contribution in [0.2, 0.25) is 0 Å². The van der Waals surface area contributed by atoms with Crippen LogP contribution in [0.1, 0.15) is 5.56 Å². The molecule has 1 aromatic heterocycles. The summed E-state index contributed by atoms with van der Waals surface area (Å²) in [6, 6.07) is 8.86. The van der Waals surface area contributed by atoms with Gasteiger partial charge in [0.25, 0.3) is 0 Å². The highest BCUT2D eigenvalue weighted by Gasteiger charge is 2.31. The highest BCUT2D eigenvalue weighted by molar-refractivity contribution is 5.70. The summed E-state index contributed by atoms with van der Waals surface area (Å²) < 4.78 is 40.2. The van der Waals surface area contributed by atoms with Crippen LogP contribution in [-0.2, 0) is 0 Å². The maximum Gasteiger partial charge on any atom is 0.573 e. The Morgan fingerprint density at radius 3 is 2.68 bits per heavy atom. The molecule has 0 saturated heterocycles. The summed E-state index contributed by atoms with van der Waals surface area (Å²) in [5.41, 5.74) is 1.23. The molecule has 6 heteroatoms. The number of nitrogens with zero attached hydrogens (tertiary/aromatic N) is 2. The number of halogens is 3. The van der Waals surface area contributed by atoms with Gasteiger partial charge in [-0.1, -0.05) is 12.1 Å². The molecule has 1 heterocycles. The Kier molecular flexibility index (Phi) is 3.38. The minimum atomic E-state index is -4.74. The van der Waals surface area contributed by atoms with Gasteiger partial charge in [0.2, 0.25) is 0 Å². The van der Waals surface area contributed by atoms with E-state index in [1.165, 1.54) is 36.7 Å². The summed E-state index contributed by atoms with van der Waals surface area (Å²) in [6.07, 6.45) is -1.88. The number of rotatable bonds is 2. The van der Waals surface area contributed by atoms with Crippen LogP contribution in [0, 0.1) is 11.3 Å². The number of hydrogen-bond acceptors (Lipinski definition) is 3. The van der Waals surface area contributed by atoms with E-state index < -0.39 is 6.36 Å². The van der Waals surface area contributed by atoms with E-state index >= 15 is 0 Å². The number of aromatic nitrogens is 1. The van der Waals surface area contributed by atoms with Crippen LogP contribution in [0.4, 0.5) is 13.2 Å². The Morgan fingerprint density at radius 2 is 2.00 bits per heavy atom. The molecule has 0 spiro atoms. The standard InChI is InChI=1S/C13H7F3N2O/c14-13(15,16)19-11-3-1-2-9(6-11)12-8-18-5-4-10(12)7-17/h1-6,8H. The van der Waals surface area contributed by atoms with Crippen molar-refractivity contribution in [1.29, 1.82) is 5.26 Å². The number of ether oxygens (including phenoxy) is 1. The molecular weight excluding hydrogens is 257 g/mol. The Balaban J connectivity index is 2.41. The van der Waals surface area contributed by atoms with Gasteiger partial charge in [-0.05, 0) is 23.8 Å². The fourth-order valence-electron chi connectivity index (χ4n) is 1.58. The van der Waals surface area contributed by atoms with Crippen LogP contribution in [0.15, 0.2) is 42.7 Å². The number of alkyl halides is 3. The van der Waals surface area contributed by atoms with Gasteiger partial charge < -0.3 is 4.74 Å². The van der Waals surface area contributed by atoms with Crippen molar-refractivity contribution in [3.63, 3.8) is 0 Å². The maximum atomic E-state index is 12.1. The van der Waals surface area contributed by atoms with Crippen LogP contribution in [0.25, 0.3) is 11.1 Å². The minimum Gasteiger partial charge on any atom is -0.406 e. The zero-order chi connectivity index (χ0) is 13.9. The zero-order valence-corrected chi connectivity index (χ0v) is 9.48. The topological polar surface area (TPSA) is 45.9 Å². The van der Waals surface area contributed by atoms with Crippen molar-refractivity contribution < 1.29 is 17.9 Å². The lowest BCUT2D eigenvalue weighted by atomic mass is 10.0. The average molecular weight is 264 g/mol. The molecule has 0 saturated carbocycles. The number of benzene rings is 1. The fourth-order valence-corrected chi connectivity index (χ4v) is 1.58. The Bertz CT molecular complexity index is 632. The minimum absolute atomic E-state index is 0.333. The van der Waals surface area contributed by atoms with Gasteiger partial charge in [-0.15, -0.1) is 13.2 Å². The predicted octanol–water partition coefficient (Wildman–Crippen LogP) is 3.52. The molecule has 2 rings (SSSR count). The number of hydrogen-bond donors (Lipinski definition) is 0. The molecule has 0 bridgehead atoms. The predicted molar refractivity (Wildman–Crippen MR) is 61.1 cm³/mol. The highest BCUT2D eigenvalue weighted by Crippen LogP contribution is 2.29. The first kappa shape index (κ1) is 12.9. The second-order valence-corrected chi connectivity index (χ2v) is 3.61. The SMILES string of the molecule is N#Cc1ccncc1-c1cccc(OC(F)(F)F)c1. The lowest BCUT2D eigenvalue weighted by Crippen LogP contribution is -2.17. The Hall–Kier alpha value is -2.55. The van der Waals surface area contributed by atoms with Gasteiger partial charge >= 0.3 is 6.36 Å². The zero-order valence-electron chi connectivity index (χ0n) is 9.48. The van der Waals surface area contributed by atoms with E-state index in [1.807, 2.05) is 6.07 Å². The molecule has 0 N–H and O–H groups in total. The first-order valence-corrected chi connectivity index (χ1v) is 5.20. The van der Waals surface area contributed by atoms with Crippen molar-refractivity contribution in [1.82, 2.24) is 4.98 Å². The van der Waals surface area contributed by atoms with Crippen LogP contribution in [0.5, 0.6) is 5.75 Å². The van der Waals surface area contributed by atoms with Crippen LogP contribution in [0.3, 0.4) is 0 Å². The molecule has 19 heavy (non-hydrogen) atoms. The summed E-state index contributed by atoms with van der Waals surface area (Å²) in [6.45, 7) is 0. The monoisotopic (exact) mass is 264 g/mol. The van der Waals surface area contributed by atoms with E-state index in [1.54, 1.807) is 6.07 Å². The van der Waals surface area contributed by atoms with Crippen LogP contribution >= 0.6 is 0 Å². The van der Waals surface area contributed by atoms with Crippen molar-refractivity contribution in [2.75, 3.05) is 0 Å². The third kappa shape index (κ3) is 3.22. The summed E-state index contributed by atoms with van der Waals surface area (Å²) >= 11 is 0. The van der Waals surface area contributed by atoms with Crippen molar-refractivity contribution >= 4 is 0 Å². The highest BCUT2D eigenvalue weighted by atomic mass is 19.4. The van der Waals surface area contributed by atoms with E-state index in [2.05, 4.69) is 9.72 Å². The van der Waals surface area contributed by atoms with E-state index in [0.717, 1.165) is 0 Å². The van der Waals surface area contributed by atoms with Crippen molar-refractivity contribution in [3.8, 4) is 22.9 Å².